The molecule has 10 nitrogen and oxygen atoms in total. The molecule has 4 heterocycles. The van der Waals surface area contributed by atoms with E-state index in [9.17, 15) is 9.59 Å². The van der Waals surface area contributed by atoms with Crippen molar-refractivity contribution in [2.45, 2.75) is 65.6 Å². The highest BCUT2D eigenvalue weighted by Gasteiger charge is 2.34. The van der Waals surface area contributed by atoms with Gasteiger partial charge in [0, 0.05) is 55.4 Å². The number of likely N-dealkylation sites (tertiary alicyclic amines) is 1. The number of hydrogen-bond acceptors (Lipinski definition) is 9. The van der Waals surface area contributed by atoms with E-state index in [4.69, 9.17) is 31.0 Å². The van der Waals surface area contributed by atoms with E-state index in [-0.39, 0.29) is 24.5 Å². The van der Waals surface area contributed by atoms with Crippen LogP contribution in [0.25, 0.3) is 10.8 Å². The third-order valence-electron chi connectivity index (χ3n) is 11.2. The molecule has 54 heavy (non-hydrogen) atoms. The first-order chi connectivity index (χ1) is 26.1. The summed E-state index contributed by atoms with van der Waals surface area (Å²) in [5.41, 5.74) is 4.70. The van der Waals surface area contributed by atoms with Crippen LogP contribution in [0.2, 0.25) is 5.02 Å². The Morgan fingerprint density at radius 3 is 2.54 bits per heavy atom. The number of nitrogens with zero attached hydrogens (tertiary/aromatic N) is 6. The van der Waals surface area contributed by atoms with E-state index in [1.54, 1.807) is 0 Å². The quantitative estimate of drug-likeness (QED) is 0.112. The first-order valence-electron chi connectivity index (χ1n) is 19.2. The minimum atomic E-state index is -0.616. The number of rotatable bonds is 12. The average Bonchev–Trinajstić information content (AvgIpc) is 3.65. The van der Waals surface area contributed by atoms with Crippen LogP contribution in [0.15, 0.2) is 73.3 Å². The van der Waals surface area contributed by atoms with Gasteiger partial charge in [-0.25, -0.2) is 0 Å². The topological polar surface area (TPSA) is 91.3 Å². The molecule has 1 amide bonds. The summed E-state index contributed by atoms with van der Waals surface area (Å²) in [7, 11) is 0. The molecule has 284 valence electrons. The zero-order valence-corrected chi connectivity index (χ0v) is 32.5. The van der Waals surface area contributed by atoms with Gasteiger partial charge in [0.05, 0.1) is 22.7 Å². The highest BCUT2D eigenvalue weighted by atomic mass is 35.5. The number of anilines is 2. The Bertz CT molecular complexity index is 2010. The molecule has 0 spiro atoms. The molecule has 3 aliphatic heterocycles. The molecule has 3 aromatic carbocycles. The van der Waals surface area contributed by atoms with E-state index in [0.717, 1.165) is 88.6 Å². The molecule has 1 atom stereocenters. The number of amides is 1. The largest absolute Gasteiger partial charge is 0.462 e. The molecule has 3 aliphatic rings. The van der Waals surface area contributed by atoms with Crippen molar-refractivity contribution in [3.8, 4) is 6.01 Å². The van der Waals surface area contributed by atoms with Gasteiger partial charge in [-0.15, -0.1) is 0 Å². The highest BCUT2D eigenvalue weighted by molar-refractivity contribution is 6.36. The molecule has 4 aromatic rings. The van der Waals surface area contributed by atoms with Gasteiger partial charge in [-0.05, 0) is 88.7 Å². The molecule has 1 unspecified atom stereocenters. The fraction of sp³-hybridized carbons (Fsp3) is 0.442. The third-order valence-corrected chi connectivity index (χ3v) is 11.5. The fourth-order valence-electron chi connectivity index (χ4n) is 7.95. The van der Waals surface area contributed by atoms with Crippen LogP contribution < -0.4 is 14.5 Å². The van der Waals surface area contributed by atoms with E-state index in [0.29, 0.717) is 51.8 Å². The summed E-state index contributed by atoms with van der Waals surface area (Å²) in [6, 6.07) is 21.0. The lowest BCUT2D eigenvalue weighted by atomic mass is 9.89. The summed E-state index contributed by atoms with van der Waals surface area (Å²) in [6.45, 7) is 16.1. The predicted molar refractivity (Wildman–Crippen MR) is 214 cm³/mol. The zero-order chi connectivity index (χ0) is 37.8. The number of hydrogen-bond donors (Lipinski definition) is 0. The van der Waals surface area contributed by atoms with Crippen molar-refractivity contribution in [2.75, 3.05) is 62.2 Å². The maximum Gasteiger partial charge on any atom is 0.318 e. The smallest absolute Gasteiger partial charge is 0.318 e. The Morgan fingerprint density at radius 2 is 1.76 bits per heavy atom. The van der Waals surface area contributed by atoms with Crippen molar-refractivity contribution >= 4 is 45.8 Å². The van der Waals surface area contributed by atoms with Gasteiger partial charge in [0.2, 0.25) is 5.91 Å². The summed E-state index contributed by atoms with van der Waals surface area (Å²) in [5.74, 6) is 0.669. The molecule has 0 saturated carbocycles. The summed E-state index contributed by atoms with van der Waals surface area (Å²) in [4.78, 5) is 44.5. The Labute approximate surface area is 323 Å². The minimum absolute atomic E-state index is 0.0450. The van der Waals surface area contributed by atoms with Crippen LogP contribution in [0.1, 0.15) is 55.5 Å². The van der Waals surface area contributed by atoms with E-state index in [1.807, 2.05) is 62.1 Å². The van der Waals surface area contributed by atoms with Crippen LogP contribution in [0.5, 0.6) is 6.01 Å². The Hall–Kier alpha value is -4.67. The van der Waals surface area contributed by atoms with Crippen molar-refractivity contribution < 1.29 is 19.1 Å². The van der Waals surface area contributed by atoms with E-state index >= 15 is 0 Å². The molecule has 2 fully saturated rings. The number of ether oxygens (including phenoxy) is 2. The average molecular weight is 751 g/mol. The van der Waals surface area contributed by atoms with E-state index < -0.39 is 5.41 Å². The van der Waals surface area contributed by atoms with Crippen molar-refractivity contribution in [1.29, 1.82) is 0 Å². The summed E-state index contributed by atoms with van der Waals surface area (Å²) in [5, 5.41) is 2.88. The molecule has 0 radical (unpaired) electrons. The molecule has 2 saturated heterocycles. The van der Waals surface area contributed by atoms with Crippen molar-refractivity contribution in [2.24, 2.45) is 5.41 Å². The minimum Gasteiger partial charge on any atom is -0.462 e. The molecular weight excluding hydrogens is 700 g/mol. The van der Waals surface area contributed by atoms with Gasteiger partial charge in [-0.2, -0.15) is 9.97 Å². The summed E-state index contributed by atoms with van der Waals surface area (Å²) in [6.07, 6.45) is 4.92. The van der Waals surface area contributed by atoms with Gasteiger partial charge in [-0.3, -0.25) is 14.5 Å². The number of esters is 1. The SMILES string of the molecule is C=CC(=O)N1CCN(c2nc(OCC3CCCN3CCC(C)(C)C(=O)OCc3cccc(C)c3)nc3c2CCN(c2cccc4cccc(Cl)c24)C3)CC1. The lowest BCUT2D eigenvalue weighted by Gasteiger charge is -2.38. The van der Waals surface area contributed by atoms with Crippen molar-refractivity contribution in [3.63, 3.8) is 0 Å². The second-order valence-corrected chi connectivity index (χ2v) is 15.8. The molecular formula is C43H51ClN6O4. The predicted octanol–water partition coefficient (Wildman–Crippen LogP) is 6.99. The molecule has 0 N–H and O–H groups in total. The van der Waals surface area contributed by atoms with Crippen LogP contribution in [-0.4, -0.2) is 90.1 Å². The number of aryl methyl sites for hydroxylation is 1. The van der Waals surface area contributed by atoms with Gasteiger partial charge in [0.1, 0.15) is 19.0 Å². The number of halogens is 1. The summed E-state index contributed by atoms with van der Waals surface area (Å²) < 4.78 is 12.3. The van der Waals surface area contributed by atoms with Crippen LogP contribution in [0.3, 0.4) is 0 Å². The standard InChI is InChI=1S/C43H51ClN6O4/c1-5-38(51)48-22-24-49(25-23-48)40-34-17-20-50(37-16-8-13-32-12-7-15-35(44)39(32)37)27-36(34)45-42(46-40)54-29-33-14-9-19-47(33)21-18-43(3,4)41(52)53-28-31-11-6-10-30(2)26-31/h5-8,10-13,15-16,26,33H,1,9,14,17-25,27-29H2,2-4H3. The first kappa shape index (κ1) is 37.6. The number of benzene rings is 3. The van der Waals surface area contributed by atoms with E-state index in [1.165, 1.54) is 6.08 Å². The Kier molecular flexibility index (Phi) is 11.4. The molecule has 7 rings (SSSR count). The maximum absolute atomic E-state index is 13.1. The van der Waals surface area contributed by atoms with E-state index in [2.05, 4.69) is 45.5 Å². The van der Waals surface area contributed by atoms with Crippen molar-refractivity contribution in [3.05, 3.63) is 101 Å². The molecule has 0 aliphatic carbocycles. The van der Waals surface area contributed by atoms with Crippen LogP contribution in [0, 0.1) is 12.3 Å². The Morgan fingerprint density at radius 1 is 0.981 bits per heavy atom. The van der Waals surface area contributed by atoms with Gasteiger partial charge in [0.15, 0.2) is 0 Å². The monoisotopic (exact) mass is 750 g/mol. The normalized spacial score (nSPS) is 17.8. The lowest BCUT2D eigenvalue weighted by molar-refractivity contribution is -0.156. The zero-order valence-electron chi connectivity index (χ0n) is 31.7. The number of carbonyl (C=O) groups is 2. The molecule has 11 heteroatoms. The van der Waals surface area contributed by atoms with Crippen molar-refractivity contribution in [1.82, 2.24) is 19.8 Å². The van der Waals surface area contributed by atoms with Gasteiger partial charge in [-0.1, -0.05) is 72.3 Å². The highest BCUT2D eigenvalue weighted by Crippen LogP contribution is 2.37. The number of fused-ring (bicyclic) bond motifs is 2. The number of aromatic nitrogens is 2. The second kappa shape index (κ2) is 16.4. The molecule has 1 aromatic heterocycles. The van der Waals surface area contributed by atoms with Gasteiger partial charge in [0.25, 0.3) is 0 Å². The number of piperazine rings is 1. The van der Waals surface area contributed by atoms with Crippen LogP contribution >= 0.6 is 11.6 Å². The summed E-state index contributed by atoms with van der Waals surface area (Å²) >= 11 is 6.76. The van der Waals surface area contributed by atoms with Gasteiger partial charge < -0.3 is 24.2 Å². The molecule has 0 bridgehead atoms. The lowest BCUT2D eigenvalue weighted by Crippen LogP contribution is -2.49. The fourth-order valence-corrected chi connectivity index (χ4v) is 8.23. The third kappa shape index (κ3) is 8.35. The van der Waals surface area contributed by atoms with Crippen LogP contribution in [0.4, 0.5) is 11.5 Å². The maximum atomic E-state index is 13.1. The second-order valence-electron chi connectivity index (χ2n) is 15.4. The number of carbonyl (C=O) groups excluding carboxylic acids is 2. The van der Waals surface area contributed by atoms with Crippen LogP contribution in [-0.2, 0) is 33.9 Å². The Balaban J connectivity index is 1.05. The first-order valence-corrected chi connectivity index (χ1v) is 19.6. The van der Waals surface area contributed by atoms with Gasteiger partial charge >= 0.3 is 12.0 Å².